The van der Waals surface area contributed by atoms with Gasteiger partial charge >= 0.3 is 24.1 Å². The van der Waals surface area contributed by atoms with E-state index < -0.39 is 158 Å². The summed E-state index contributed by atoms with van der Waals surface area (Å²) in [6.45, 7) is 41.7. The number of carbonyl (C=O) groups excluding carboxylic acids is 5. The Hall–Kier alpha value is -2.60. The Bertz CT molecular complexity index is 2900. The average Bonchev–Trinajstić information content (AvgIpc) is 1.50. The van der Waals surface area contributed by atoms with Crippen LogP contribution >= 0.6 is 34.8 Å². The van der Waals surface area contributed by atoms with E-state index in [0.29, 0.717) is 11.5 Å². The van der Waals surface area contributed by atoms with Gasteiger partial charge in [-0.25, -0.2) is 0 Å². The van der Waals surface area contributed by atoms with Crippen LogP contribution < -0.4 is 0 Å². The Labute approximate surface area is 555 Å². The molecule has 7 aliphatic heterocycles. The van der Waals surface area contributed by atoms with Gasteiger partial charge in [0.05, 0.1) is 101 Å². The van der Waals surface area contributed by atoms with E-state index in [0.717, 1.165) is 12.8 Å². The Morgan fingerprint density at radius 2 is 0.783 bits per heavy atom. The predicted octanol–water partition coefficient (Wildman–Crippen LogP) is 5.85. The molecular formula is C69H101Cl3O20. The summed E-state index contributed by atoms with van der Waals surface area (Å²) in [6.07, 6.45) is -6.17. The number of aliphatic hydroxyl groups is 8. The summed E-state index contributed by atoms with van der Waals surface area (Å²) in [5, 5.41) is 89.3. The molecule has 20 nitrogen and oxygen atoms in total. The standard InChI is InChI=1S/C24H37ClO6.C22H31ClO6.C22H33ClO6.CO2/c1-7-8-14-10(2)17-12(4)24(29)13(5)22(28)31-20(24)18(25)11(3)15(26)9-16(27)23(17,6)21-19(14)30-21;1-7-8(2)15-19(28-15)21(6)12(7)10(4)22(26)11(5)20(25)29-18(22)13(23)9(3)14-16(27-14)17(21)24;1-8-9(2)17-19(28-17)21(6)14(25)7-13(24)10(3)16(23)18-22(27,11(4)15(8)21)12(5)20(26)29-18;2-1-3/h10,12-21,26-27,29H,3,7-9H2,1-2,4-6H3;7-8,10-19,24,26H,3H2,1-2,4-6H3;8-9,11-19,24-25,27H,3,7H2,1-2,4-6H3;/t10-,12-,13-,14+,15-,16-,17+,18-,19-,20-,21-,23+,24-;7-,8+,10-,11-,12+,13-,14+,15-,16+,17-,18-,19-,21-,22-;8-,9+,11-,12-,13-,14-,15+,16-,17-,18-,19-,21+,22-;/m000./s1. The largest absolute Gasteiger partial charge is 0.457 e. The van der Waals surface area contributed by atoms with Crippen molar-refractivity contribution < 1.29 is 98.0 Å². The maximum atomic E-state index is 12.6. The van der Waals surface area contributed by atoms with E-state index in [1.54, 1.807) is 20.8 Å². The van der Waals surface area contributed by atoms with Crippen molar-refractivity contribution in [1.82, 2.24) is 0 Å². The molecule has 0 amide bonds. The van der Waals surface area contributed by atoms with Gasteiger partial charge in [0.1, 0.15) is 29.0 Å². The Balaban J connectivity index is 0.000000148. The zero-order valence-corrected chi connectivity index (χ0v) is 58.0. The van der Waals surface area contributed by atoms with Gasteiger partial charge in [-0.15, -0.1) is 34.8 Å². The van der Waals surface area contributed by atoms with E-state index in [1.807, 2.05) is 41.5 Å². The molecular weight excluding hydrogens is 1260 g/mol. The molecule has 23 heteroatoms. The van der Waals surface area contributed by atoms with Crippen molar-refractivity contribution in [2.45, 2.75) is 260 Å². The van der Waals surface area contributed by atoms with Gasteiger partial charge in [0.2, 0.25) is 0 Å². The summed E-state index contributed by atoms with van der Waals surface area (Å²) >= 11 is 20.0. The van der Waals surface area contributed by atoms with Crippen LogP contribution in [0.15, 0.2) is 36.5 Å². The third-order valence-corrected chi connectivity index (χ3v) is 29.1. The number of fused-ring (bicyclic) bond motifs is 13. The smallest absolute Gasteiger partial charge is 0.373 e. The van der Waals surface area contributed by atoms with Crippen LogP contribution in [0.4, 0.5) is 0 Å². The molecule has 92 heavy (non-hydrogen) atoms. The minimum absolute atomic E-state index is 0.0569. The van der Waals surface area contributed by atoms with Crippen molar-refractivity contribution >= 4 is 58.9 Å². The number of epoxide rings is 4. The summed E-state index contributed by atoms with van der Waals surface area (Å²) < 4.78 is 41.0. The average molecular weight is 1360 g/mol. The van der Waals surface area contributed by atoms with Gasteiger partial charge in [-0.2, -0.15) is 9.59 Å². The molecule has 6 aliphatic carbocycles. The van der Waals surface area contributed by atoms with Crippen molar-refractivity contribution in [2.75, 3.05) is 0 Å². The Morgan fingerprint density at radius 3 is 1.15 bits per heavy atom. The molecule has 7 saturated heterocycles. The van der Waals surface area contributed by atoms with Crippen molar-refractivity contribution in [3.8, 4) is 0 Å². The molecule has 0 aromatic rings. The van der Waals surface area contributed by atoms with Gasteiger partial charge in [-0.05, 0) is 115 Å². The molecule has 0 bridgehead atoms. The van der Waals surface area contributed by atoms with Crippen LogP contribution in [0.1, 0.15) is 130 Å². The second-order valence-corrected chi connectivity index (χ2v) is 32.7. The van der Waals surface area contributed by atoms with Crippen LogP contribution in [0.5, 0.6) is 0 Å². The van der Waals surface area contributed by atoms with E-state index in [-0.39, 0.29) is 120 Å². The normalized spacial score (nSPS) is 58.2. The number of carbonyl (C=O) groups is 3. The van der Waals surface area contributed by atoms with Crippen molar-refractivity contribution in [1.29, 1.82) is 0 Å². The number of hydrogen-bond acceptors (Lipinski definition) is 20. The molecule has 0 unspecified atom stereocenters. The van der Waals surface area contributed by atoms with E-state index in [9.17, 15) is 55.2 Å². The number of esters is 3. The molecule has 8 N–H and O–H groups in total. The predicted molar refractivity (Wildman–Crippen MR) is 334 cm³/mol. The van der Waals surface area contributed by atoms with Gasteiger partial charge in [0.15, 0.2) is 18.3 Å². The summed E-state index contributed by atoms with van der Waals surface area (Å²) in [6, 6.07) is 0. The summed E-state index contributed by atoms with van der Waals surface area (Å²) in [4.78, 5) is 54.0. The lowest BCUT2D eigenvalue weighted by Gasteiger charge is -2.55. The highest BCUT2D eigenvalue weighted by atomic mass is 35.5. The maximum absolute atomic E-state index is 12.6. The van der Waals surface area contributed by atoms with E-state index in [2.05, 4.69) is 61.3 Å². The van der Waals surface area contributed by atoms with Crippen LogP contribution in [0.25, 0.3) is 0 Å². The number of hydrogen-bond donors (Lipinski definition) is 8. The van der Waals surface area contributed by atoms with Crippen LogP contribution in [0.2, 0.25) is 0 Å². The zero-order valence-electron chi connectivity index (χ0n) is 55.7. The molecule has 13 aliphatic rings. The van der Waals surface area contributed by atoms with Crippen LogP contribution in [0.3, 0.4) is 0 Å². The lowest BCUT2D eigenvalue weighted by molar-refractivity contribution is -0.191. The van der Waals surface area contributed by atoms with E-state index in [1.165, 1.54) is 0 Å². The lowest BCUT2D eigenvalue weighted by Crippen LogP contribution is -2.63. The number of ether oxygens (including phenoxy) is 7. The van der Waals surface area contributed by atoms with E-state index >= 15 is 0 Å². The van der Waals surface area contributed by atoms with Crippen molar-refractivity contribution in [3.05, 3.63) is 36.5 Å². The highest BCUT2D eigenvalue weighted by molar-refractivity contribution is 6.24. The van der Waals surface area contributed by atoms with Gasteiger partial charge < -0.3 is 74.0 Å². The Morgan fingerprint density at radius 1 is 0.467 bits per heavy atom. The highest BCUT2D eigenvalue weighted by Crippen LogP contribution is 2.68. The second-order valence-electron chi connectivity index (χ2n) is 31.3. The molecule has 40 atom stereocenters. The van der Waals surface area contributed by atoms with Crippen LogP contribution in [-0.2, 0) is 57.1 Å². The maximum Gasteiger partial charge on any atom is 0.373 e. The number of alkyl halides is 3. The number of halogens is 3. The van der Waals surface area contributed by atoms with E-state index in [4.69, 9.17) is 77.5 Å². The van der Waals surface area contributed by atoms with Crippen molar-refractivity contribution in [3.63, 3.8) is 0 Å². The highest BCUT2D eigenvalue weighted by Gasteiger charge is 2.77. The first-order valence-electron chi connectivity index (χ1n) is 33.5. The first-order valence-corrected chi connectivity index (χ1v) is 34.8. The minimum Gasteiger partial charge on any atom is -0.457 e. The molecule has 0 radical (unpaired) electrons. The number of rotatable bonds is 2. The first kappa shape index (κ1) is 72.2. The summed E-state index contributed by atoms with van der Waals surface area (Å²) in [7, 11) is 0. The SMILES string of the molecule is C=C1[C@@H](O)C[C@H](O)[C@]2(C)[C@H]([C@@H](C)[C@@H](C)[C@@H]3O[C@@H]32)[C@H](C)[C@]2(O)[C@@H](C)C(=O)O[C@H]2[C@H]1Cl.C=C1[C@@H](O)C[C@H](O)[C@]2(C)[C@H]([C@@H](C)[C@@H](CCC)[C@@H]3O[C@@H]32)[C@H](C)[C@]2(O)[C@@H](C)C(=O)O[C@H]2[C@H]1Cl.C=C1[C@H]2O[C@H]2[C@H](O)[C@]2(C)[C@H]([C@@H](C)[C@@H](C)[C@@H]3O[C@@H]32)[C@H](C)[C@]2(O)[C@@H](C)C(=O)O[C@H]2[C@H]1Cl.O=C=O. The quantitative estimate of drug-likeness (QED) is 0.0528. The third kappa shape index (κ3) is 10.2. The number of aliphatic hydroxyl groups excluding tert-OH is 5. The molecule has 0 spiro atoms. The summed E-state index contributed by atoms with van der Waals surface area (Å²) in [5.74, 6) is -4.08. The van der Waals surface area contributed by atoms with Crippen LogP contribution in [0, 0.1) is 105 Å². The third-order valence-electron chi connectivity index (χ3n) is 27.6. The van der Waals surface area contributed by atoms with Crippen LogP contribution in [-0.4, -0.2) is 196 Å². The molecule has 13 rings (SSSR count). The van der Waals surface area contributed by atoms with Gasteiger partial charge in [0, 0.05) is 29.1 Å². The zero-order chi connectivity index (χ0) is 68.6. The molecule has 518 valence electrons. The lowest BCUT2D eigenvalue weighted by atomic mass is 9.49. The monoisotopic (exact) mass is 1350 g/mol. The fourth-order valence-electron chi connectivity index (χ4n) is 21.3. The molecule has 7 heterocycles. The first-order chi connectivity index (χ1) is 42.7. The van der Waals surface area contributed by atoms with Gasteiger partial charge in [-0.3, -0.25) is 14.4 Å². The second kappa shape index (κ2) is 24.7. The fourth-order valence-corrected chi connectivity index (χ4v) is 22.5. The molecule has 0 aromatic carbocycles. The minimum atomic E-state index is -1.55. The molecule has 13 fully saturated rings. The molecule has 0 aromatic heterocycles. The van der Waals surface area contributed by atoms with Gasteiger partial charge in [0.25, 0.3) is 0 Å². The molecule has 6 saturated carbocycles. The Kier molecular flexibility index (Phi) is 19.4. The fraction of sp³-hybridized carbons (Fsp3) is 0.855. The van der Waals surface area contributed by atoms with Crippen molar-refractivity contribution in [2.24, 2.45) is 105 Å². The van der Waals surface area contributed by atoms with Gasteiger partial charge in [-0.1, -0.05) is 109 Å². The topological polar surface area (TPSA) is 325 Å². The summed E-state index contributed by atoms with van der Waals surface area (Å²) in [5.41, 5.74) is -5.55.